The van der Waals surface area contributed by atoms with Crippen LogP contribution in [0, 0.1) is 17.3 Å². The van der Waals surface area contributed by atoms with Gasteiger partial charge in [0.2, 0.25) is 11.8 Å². The first-order valence-electron chi connectivity index (χ1n) is 35.6. The lowest BCUT2D eigenvalue weighted by molar-refractivity contribution is -0.148. The second-order valence-corrected chi connectivity index (χ2v) is 25.4. The maximum Gasteiger partial charge on any atom is 0.229 e. The second kappa shape index (κ2) is 59.9. The molecule has 0 aliphatic heterocycles. The zero-order valence-corrected chi connectivity index (χ0v) is 55.1. The largest absolute Gasteiger partial charge is 0.394 e. The van der Waals surface area contributed by atoms with E-state index in [4.69, 9.17) is 0 Å². The number of amides is 2. The van der Waals surface area contributed by atoms with Crippen molar-refractivity contribution in [2.75, 3.05) is 32.8 Å². The molecular weight excluding hydrogens is 977 g/mol. The average molecular weight is 1120 g/mol. The molecule has 8 nitrogen and oxygen atoms in total. The summed E-state index contributed by atoms with van der Waals surface area (Å²) in [5.41, 5.74) is -0.326. The molecule has 4 N–H and O–H groups in total. The molecule has 0 spiro atoms. The summed E-state index contributed by atoms with van der Waals surface area (Å²) in [7, 11) is 0. The zero-order valence-electron chi connectivity index (χ0n) is 55.1. The van der Waals surface area contributed by atoms with Gasteiger partial charge in [0.05, 0.1) is 25.4 Å². The van der Waals surface area contributed by atoms with Gasteiger partial charge in [-0.15, -0.1) is 0 Å². The van der Waals surface area contributed by atoms with E-state index >= 15 is 0 Å². The van der Waals surface area contributed by atoms with Crippen LogP contribution in [0.5, 0.6) is 0 Å². The first-order chi connectivity index (χ1) is 38.4. The first-order valence-corrected chi connectivity index (χ1v) is 35.6. The number of hydrogen-bond acceptors (Lipinski definition) is 6. The molecule has 474 valence electrons. The van der Waals surface area contributed by atoms with Crippen LogP contribution in [-0.2, 0) is 9.59 Å². The first kappa shape index (κ1) is 79.8. The number of aliphatic hydroxyl groups excluding tert-OH is 4. The minimum atomic E-state index is -0.869. The van der Waals surface area contributed by atoms with E-state index in [-0.39, 0.29) is 55.5 Å². The normalized spacial score (nSPS) is 14.3. The van der Waals surface area contributed by atoms with E-state index in [0.717, 1.165) is 96.4 Å². The van der Waals surface area contributed by atoms with E-state index in [1.54, 1.807) is 0 Å². The van der Waals surface area contributed by atoms with Gasteiger partial charge in [-0.3, -0.25) is 9.59 Å². The molecule has 2 amide bonds. The molecule has 0 bridgehead atoms. The molecule has 0 aromatic heterocycles. The number of hydrogen-bond donors (Lipinski definition) is 4. The summed E-state index contributed by atoms with van der Waals surface area (Å²) in [6, 6.07) is 0.0876. The van der Waals surface area contributed by atoms with Crippen LogP contribution >= 0.6 is 0 Å². The Morgan fingerprint density at radius 2 is 0.684 bits per heavy atom. The smallest absolute Gasteiger partial charge is 0.229 e. The lowest BCUT2D eigenvalue weighted by Gasteiger charge is -2.41. The van der Waals surface area contributed by atoms with Gasteiger partial charge in [-0.2, -0.15) is 0 Å². The summed E-state index contributed by atoms with van der Waals surface area (Å²) in [4.78, 5) is 32.0. The van der Waals surface area contributed by atoms with Crippen molar-refractivity contribution in [3.63, 3.8) is 0 Å². The molecule has 0 rings (SSSR count). The second-order valence-electron chi connectivity index (χ2n) is 25.4. The maximum absolute atomic E-state index is 14.6. The van der Waals surface area contributed by atoms with Gasteiger partial charge in [0.1, 0.15) is 0 Å². The molecule has 6 atom stereocenters. The van der Waals surface area contributed by atoms with Crippen LogP contribution in [0.2, 0.25) is 0 Å². The summed E-state index contributed by atoms with van der Waals surface area (Å²) >= 11 is 0. The predicted molar refractivity (Wildman–Crippen MR) is 345 cm³/mol. The van der Waals surface area contributed by atoms with Crippen LogP contribution in [0.3, 0.4) is 0 Å². The third-order valence-corrected chi connectivity index (χ3v) is 17.7. The number of rotatable bonds is 60. The quantitative estimate of drug-likeness (QED) is 0.0450. The van der Waals surface area contributed by atoms with E-state index < -0.39 is 12.2 Å². The molecule has 8 heteroatoms. The average Bonchev–Trinajstić information content (AvgIpc) is 3.49. The van der Waals surface area contributed by atoms with Crippen LogP contribution in [0.1, 0.15) is 377 Å². The monoisotopic (exact) mass is 1120 g/mol. The summed E-state index contributed by atoms with van der Waals surface area (Å²) in [6.45, 7) is 20.7. The summed E-state index contributed by atoms with van der Waals surface area (Å²) in [5, 5.41) is 39.7. The number of carbonyl (C=O) groups excluding carboxylic acids is 2. The topological polar surface area (TPSA) is 122 Å². The highest BCUT2D eigenvalue weighted by Crippen LogP contribution is 2.40. The van der Waals surface area contributed by atoms with Crippen LogP contribution < -0.4 is 0 Å². The molecule has 6 unspecified atom stereocenters. The molecule has 0 heterocycles. The van der Waals surface area contributed by atoms with E-state index in [1.807, 2.05) is 9.80 Å². The van der Waals surface area contributed by atoms with Gasteiger partial charge < -0.3 is 30.2 Å². The predicted octanol–water partition coefficient (Wildman–Crippen LogP) is 20.2. The van der Waals surface area contributed by atoms with Crippen molar-refractivity contribution >= 4 is 11.8 Å². The SMILES string of the molecule is CCCCCCCCCCC(CC)CN(CC(O)CO)C(=O)C(CCC)CCCCCCCC.CCCCCCCCCCCCCCCCCCC(CCCCC)(CCCCCCCC)C(=O)N(CC(O)CO)C(C)CCC. The molecule has 0 aromatic rings. The third kappa shape index (κ3) is 45.8. The number of nitrogens with zero attached hydrogens (tertiary/aromatic N) is 2. The van der Waals surface area contributed by atoms with Crippen molar-refractivity contribution in [1.29, 1.82) is 0 Å². The van der Waals surface area contributed by atoms with Gasteiger partial charge in [0, 0.05) is 37.0 Å². The molecule has 0 fully saturated rings. The fraction of sp³-hybridized carbons (Fsp3) is 0.972. The molecule has 0 radical (unpaired) electrons. The van der Waals surface area contributed by atoms with Crippen LogP contribution in [0.25, 0.3) is 0 Å². The molecule has 0 aliphatic rings. The van der Waals surface area contributed by atoms with Gasteiger partial charge in [-0.1, -0.05) is 325 Å². The Labute approximate surface area is 494 Å². The Morgan fingerprint density at radius 3 is 1.04 bits per heavy atom. The highest BCUT2D eigenvalue weighted by atomic mass is 16.3. The van der Waals surface area contributed by atoms with E-state index in [0.29, 0.717) is 5.92 Å². The zero-order chi connectivity index (χ0) is 58.9. The van der Waals surface area contributed by atoms with Crippen LogP contribution in [-0.4, -0.2) is 93.1 Å². The van der Waals surface area contributed by atoms with Gasteiger partial charge in [0.15, 0.2) is 0 Å². The molecule has 0 aliphatic carbocycles. The number of aliphatic hydroxyl groups is 4. The van der Waals surface area contributed by atoms with Gasteiger partial charge >= 0.3 is 0 Å². The van der Waals surface area contributed by atoms with E-state index in [2.05, 4.69) is 62.3 Å². The highest BCUT2D eigenvalue weighted by molar-refractivity contribution is 5.83. The fourth-order valence-electron chi connectivity index (χ4n) is 12.3. The fourth-order valence-corrected chi connectivity index (χ4v) is 12.3. The third-order valence-electron chi connectivity index (χ3n) is 17.7. The van der Waals surface area contributed by atoms with Crippen molar-refractivity contribution in [3.8, 4) is 0 Å². The van der Waals surface area contributed by atoms with Crippen LogP contribution in [0.4, 0.5) is 0 Å². The number of carbonyl (C=O) groups is 2. The minimum absolute atomic E-state index is 0.0581. The Balaban J connectivity index is 0. The van der Waals surface area contributed by atoms with E-state index in [1.165, 1.54) is 225 Å². The minimum Gasteiger partial charge on any atom is -0.394 e. The molecule has 79 heavy (non-hydrogen) atoms. The van der Waals surface area contributed by atoms with Gasteiger partial charge in [-0.25, -0.2) is 0 Å². The Kier molecular flexibility index (Phi) is 60.6. The van der Waals surface area contributed by atoms with Crippen molar-refractivity contribution in [1.82, 2.24) is 9.80 Å². The Hall–Kier alpha value is -1.22. The molecule has 0 saturated heterocycles. The van der Waals surface area contributed by atoms with Crippen molar-refractivity contribution < 1.29 is 30.0 Å². The number of unbranched alkanes of at least 4 members (excludes halogenated alkanes) is 34. The summed E-state index contributed by atoms with van der Waals surface area (Å²) in [5.74, 6) is 1.01. The van der Waals surface area contributed by atoms with Crippen molar-refractivity contribution in [3.05, 3.63) is 0 Å². The highest BCUT2D eigenvalue weighted by Gasteiger charge is 2.41. The van der Waals surface area contributed by atoms with Crippen molar-refractivity contribution in [2.24, 2.45) is 17.3 Å². The Morgan fingerprint density at radius 1 is 0.367 bits per heavy atom. The molecule has 0 saturated carbocycles. The Bertz CT molecular complexity index is 1250. The molecule has 0 aromatic carbocycles. The van der Waals surface area contributed by atoms with E-state index in [9.17, 15) is 30.0 Å². The van der Waals surface area contributed by atoms with Crippen LogP contribution in [0.15, 0.2) is 0 Å². The lowest BCUT2D eigenvalue weighted by atomic mass is 9.72. The van der Waals surface area contributed by atoms with Gasteiger partial charge in [0.25, 0.3) is 0 Å². The summed E-state index contributed by atoms with van der Waals surface area (Å²) < 4.78 is 0. The van der Waals surface area contributed by atoms with Crippen molar-refractivity contribution in [2.45, 2.75) is 395 Å². The lowest BCUT2D eigenvalue weighted by Crippen LogP contribution is -2.51. The van der Waals surface area contributed by atoms with Gasteiger partial charge in [-0.05, 0) is 57.8 Å². The summed E-state index contributed by atoms with van der Waals surface area (Å²) in [6.07, 6.45) is 59.1. The molecular formula is C71H144N2O6. The maximum atomic E-state index is 14.6. The standard InChI is InChI=1S/C41H83NO3.C30H61NO3/c1-6-10-13-15-17-18-19-20-21-22-23-24-25-26-28-31-35-41(33-29-12-8-3,34-30-27-16-14-11-7-2)40(45)42(36-39(44)37-43)38(5)32-9-4;1-5-9-11-13-15-16-17-19-22-27(8-4)24-31(25-29(33)26-32)30(34)28(21-7-3)23-20-18-14-12-10-6-2/h38-39,43-44H,6-37H2,1-5H3;27-29,32-33H,5-26H2,1-4H3.